The molecule has 0 unspecified atom stereocenters. The fourth-order valence-corrected chi connectivity index (χ4v) is 2.14. The van der Waals surface area contributed by atoms with Gasteiger partial charge in [0.05, 0.1) is 18.3 Å². The third kappa shape index (κ3) is 2.93. The molecule has 0 aliphatic heterocycles. The van der Waals surface area contributed by atoms with Crippen LogP contribution >= 0.6 is 0 Å². The Morgan fingerprint density at radius 2 is 1.91 bits per heavy atom. The topological polar surface area (TPSA) is 88.1 Å². The maximum Gasteiger partial charge on any atom is 0.332 e. The summed E-state index contributed by atoms with van der Waals surface area (Å²) < 4.78 is 9.23. The van der Waals surface area contributed by atoms with Gasteiger partial charge in [-0.25, -0.2) is 9.78 Å². The van der Waals surface area contributed by atoms with Crippen molar-refractivity contribution < 1.29 is 9.53 Å². The van der Waals surface area contributed by atoms with E-state index >= 15 is 0 Å². The number of aryl methyl sites for hydroxylation is 1. The van der Waals surface area contributed by atoms with Crippen LogP contribution in [0.4, 0.5) is 0 Å². The van der Waals surface area contributed by atoms with Crippen molar-refractivity contribution in [2.75, 3.05) is 6.61 Å². The lowest BCUT2D eigenvalue weighted by atomic mass is 9.91. The van der Waals surface area contributed by atoms with Crippen LogP contribution in [0.1, 0.15) is 27.2 Å². The van der Waals surface area contributed by atoms with Crippen LogP contribution in [0.3, 0.4) is 0 Å². The lowest BCUT2D eigenvalue weighted by Crippen LogP contribution is -2.37. The normalized spacial score (nSPS) is 11.9. The molecular weight excluding hydrogens is 300 g/mol. The molecule has 0 saturated heterocycles. The van der Waals surface area contributed by atoms with E-state index in [0.717, 1.165) is 4.57 Å². The lowest BCUT2D eigenvalue weighted by Gasteiger charge is -2.20. The Morgan fingerprint density at radius 3 is 2.52 bits per heavy atom. The summed E-state index contributed by atoms with van der Waals surface area (Å²) in [4.78, 5) is 40.2. The summed E-state index contributed by atoms with van der Waals surface area (Å²) in [5, 5.41) is 0. The molecule has 0 bridgehead atoms. The van der Waals surface area contributed by atoms with Crippen molar-refractivity contribution >= 4 is 17.1 Å². The first kappa shape index (κ1) is 17.0. The monoisotopic (exact) mass is 322 g/mol. The van der Waals surface area contributed by atoms with Crippen LogP contribution in [-0.2, 0) is 30.2 Å². The number of ether oxygens (including phenoxy) is 1. The molecule has 2 aromatic heterocycles. The van der Waals surface area contributed by atoms with Crippen molar-refractivity contribution in [2.45, 2.75) is 33.7 Å². The van der Waals surface area contributed by atoms with Crippen LogP contribution in [0.5, 0.6) is 0 Å². The summed E-state index contributed by atoms with van der Waals surface area (Å²) in [5.41, 5.74) is -0.736. The molecule has 0 atom stereocenters. The van der Waals surface area contributed by atoms with Gasteiger partial charge in [0.1, 0.15) is 6.61 Å². The Labute approximate surface area is 133 Å². The Hall–Kier alpha value is -2.38. The number of rotatable bonds is 5. The van der Waals surface area contributed by atoms with Crippen LogP contribution in [-0.4, -0.2) is 31.3 Å². The molecule has 8 nitrogen and oxygen atoms in total. The first-order valence-corrected chi connectivity index (χ1v) is 7.48. The van der Waals surface area contributed by atoms with Crippen molar-refractivity contribution in [2.24, 2.45) is 19.5 Å². The zero-order chi connectivity index (χ0) is 17.4. The summed E-state index contributed by atoms with van der Waals surface area (Å²) >= 11 is 0. The molecule has 23 heavy (non-hydrogen) atoms. The van der Waals surface area contributed by atoms with Gasteiger partial charge in [-0.2, -0.15) is 0 Å². The van der Waals surface area contributed by atoms with E-state index in [1.807, 2.05) is 20.8 Å². The number of aromatic nitrogens is 4. The molecule has 0 fully saturated rings. The number of nitrogens with zero attached hydrogens (tertiary/aromatic N) is 4. The highest BCUT2D eigenvalue weighted by Gasteiger charge is 2.27. The van der Waals surface area contributed by atoms with Crippen LogP contribution in [0.2, 0.25) is 0 Å². The second-order valence-electron chi connectivity index (χ2n) is 6.19. The summed E-state index contributed by atoms with van der Waals surface area (Å²) in [7, 11) is 2.98. The first-order chi connectivity index (χ1) is 10.7. The van der Waals surface area contributed by atoms with Gasteiger partial charge < -0.3 is 9.30 Å². The highest BCUT2D eigenvalue weighted by Crippen LogP contribution is 2.21. The summed E-state index contributed by atoms with van der Waals surface area (Å²) in [6.07, 6.45) is 2.16. The summed E-state index contributed by atoms with van der Waals surface area (Å²) in [5.74, 6) is -0.273. The Bertz CT molecular complexity index is 857. The summed E-state index contributed by atoms with van der Waals surface area (Å²) in [6, 6.07) is 0. The van der Waals surface area contributed by atoms with Crippen molar-refractivity contribution in [3.05, 3.63) is 27.2 Å². The van der Waals surface area contributed by atoms with Crippen molar-refractivity contribution in [1.82, 2.24) is 18.7 Å². The molecule has 2 heterocycles. The Balaban J connectivity index is 2.25. The standard InChI is InChI=1S/C15H22N4O4/c1-6-15(2,3)13(21)23-8-7-19-9-16-11-10(19)12(20)18(5)14(22)17(11)4/h9H,6-8H2,1-5H3. The van der Waals surface area contributed by atoms with Gasteiger partial charge in [0, 0.05) is 14.1 Å². The van der Waals surface area contributed by atoms with E-state index in [1.165, 1.54) is 17.9 Å². The van der Waals surface area contributed by atoms with E-state index < -0.39 is 16.7 Å². The number of carbonyl (C=O) groups excluding carboxylic acids is 1. The van der Waals surface area contributed by atoms with Crippen LogP contribution in [0.15, 0.2) is 15.9 Å². The first-order valence-electron chi connectivity index (χ1n) is 7.48. The molecule has 0 aromatic carbocycles. The van der Waals surface area contributed by atoms with Crippen LogP contribution < -0.4 is 11.2 Å². The molecule has 0 amide bonds. The van der Waals surface area contributed by atoms with E-state index in [1.54, 1.807) is 11.6 Å². The molecule has 126 valence electrons. The molecular formula is C15H22N4O4. The Kier molecular flexibility index (Phi) is 4.44. The maximum atomic E-state index is 12.3. The van der Waals surface area contributed by atoms with E-state index in [0.29, 0.717) is 24.1 Å². The van der Waals surface area contributed by atoms with Crippen LogP contribution in [0.25, 0.3) is 11.2 Å². The number of imidazole rings is 1. The summed E-state index contributed by atoms with van der Waals surface area (Å²) in [6.45, 7) is 6.02. The third-order valence-electron chi connectivity index (χ3n) is 4.22. The SMILES string of the molecule is CCC(C)(C)C(=O)OCCn1cnc2c1c(=O)n(C)c(=O)n2C. The fourth-order valence-electron chi connectivity index (χ4n) is 2.14. The van der Waals surface area contributed by atoms with Gasteiger partial charge in [-0.15, -0.1) is 0 Å². The minimum absolute atomic E-state index is 0.139. The van der Waals surface area contributed by atoms with E-state index in [4.69, 9.17) is 4.74 Å². The highest BCUT2D eigenvalue weighted by atomic mass is 16.5. The van der Waals surface area contributed by atoms with Crippen molar-refractivity contribution in [1.29, 1.82) is 0 Å². The van der Waals surface area contributed by atoms with E-state index in [2.05, 4.69) is 4.98 Å². The fraction of sp³-hybridized carbons (Fsp3) is 0.600. The Morgan fingerprint density at radius 1 is 1.26 bits per heavy atom. The average Bonchev–Trinajstić information content (AvgIpc) is 2.94. The molecule has 0 aliphatic rings. The molecule has 2 aromatic rings. The number of hydrogen-bond acceptors (Lipinski definition) is 5. The van der Waals surface area contributed by atoms with E-state index in [9.17, 15) is 14.4 Å². The predicted molar refractivity (Wildman–Crippen MR) is 85.2 cm³/mol. The van der Waals surface area contributed by atoms with Gasteiger partial charge in [0.15, 0.2) is 11.2 Å². The van der Waals surface area contributed by atoms with Crippen LogP contribution in [0, 0.1) is 5.41 Å². The van der Waals surface area contributed by atoms with Gasteiger partial charge >= 0.3 is 11.7 Å². The number of carbonyl (C=O) groups is 1. The minimum atomic E-state index is -0.531. The number of fused-ring (bicyclic) bond motifs is 1. The zero-order valence-corrected chi connectivity index (χ0v) is 14.1. The van der Waals surface area contributed by atoms with Gasteiger partial charge in [0.25, 0.3) is 5.56 Å². The van der Waals surface area contributed by atoms with Crippen molar-refractivity contribution in [3.63, 3.8) is 0 Å². The molecule has 0 saturated carbocycles. The molecule has 0 N–H and O–H groups in total. The molecule has 0 radical (unpaired) electrons. The van der Waals surface area contributed by atoms with Gasteiger partial charge in [-0.3, -0.25) is 18.7 Å². The quantitative estimate of drug-likeness (QED) is 0.744. The maximum absolute atomic E-state index is 12.3. The molecule has 0 spiro atoms. The smallest absolute Gasteiger partial charge is 0.332 e. The van der Waals surface area contributed by atoms with Gasteiger partial charge in [-0.05, 0) is 20.3 Å². The zero-order valence-electron chi connectivity index (χ0n) is 14.1. The van der Waals surface area contributed by atoms with Gasteiger partial charge in [-0.1, -0.05) is 6.92 Å². The number of esters is 1. The average molecular weight is 322 g/mol. The van der Waals surface area contributed by atoms with Gasteiger partial charge in [0.2, 0.25) is 0 Å². The molecule has 0 aliphatic carbocycles. The number of hydrogen-bond donors (Lipinski definition) is 0. The second kappa shape index (κ2) is 6.02. The van der Waals surface area contributed by atoms with E-state index in [-0.39, 0.29) is 12.6 Å². The minimum Gasteiger partial charge on any atom is -0.463 e. The lowest BCUT2D eigenvalue weighted by molar-refractivity contribution is -0.154. The predicted octanol–water partition coefficient (Wildman–Crippen LogP) is 0.413. The third-order valence-corrected chi connectivity index (χ3v) is 4.22. The largest absolute Gasteiger partial charge is 0.463 e. The second-order valence-corrected chi connectivity index (χ2v) is 6.19. The highest BCUT2D eigenvalue weighted by molar-refractivity contribution is 5.75. The van der Waals surface area contributed by atoms with Crippen molar-refractivity contribution in [3.8, 4) is 0 Å². The molecule has 8 heteroatoms. The molecule has 2 rings (SSSR count).